The average molecular weight is 496 g/mol. The Labute approximate surface area is 194 Å². The Morgan fingerprint density at radius 2 is 1.44 bits per heavy atom. The van der Waals surface area contributed by atoms with Gasteiger partial charge >= 0.3 is 18.3 Å². The number of carbonyl (C=O) groups excluding carboxylic acids is 1. The maximum absolute atomic E-state index is 13.0. The number of benzene rings is 3. The molecule has 34 heavy (non-hydrogen) atoms. The Morgan fingerprint density at radius 1 is 0.853 bits per heavy atom. The van der Waals surface area contributed by atoms with Crippen LogP contribution in [0.25, 0.3) is 11.6 Å². The molecule has 0 aromatic heterocycles. The second kappa shape index (κ2) is 9.61. The number of alkyl halides is 6. The molecule has 0 fully saturated rings. The van der Waals surface area contributed by atoms with Gasteiger partial charge in [0.15, 0.2) is 0 Å². The molecule has 0 aliphatic carbocycles. The van der Waals surface area contributed by atoms with Crippen molar-refractivity contribution in [1.29, 1.82) is 5.26 Å². The molecule has 0 N–H and O–H groups in total. The molecule has 3 aromatic rings. The van der Waals surface area contributed by atoms with Crippen LogP contribution in [-0.4, -0.2) is 5.97 Å². The van der Waals surface area contributed by atoms with Gasteiger partial charge in [0, 0.05) is 5.02 Å². The largest absolute Gasteiger partial charge is 0.423 e. The van der Waals surface area contributed by atoms with E-state index in [1.54, 1.807) is 24.3 Å². The lowest BCUT2D eigenvalue weighted by molar-refractivity contribution is -0.143. The number of esters is 1. The zero-order chi connectivity index (χ0) is 25.1. The van der Waals surface area contributed by atoms with Crippen molar-refractivity contribution < 1.29 is 35.9 Å². The van der Waals surface area contributed by atoms with E-state index in [0.717, 1.165) is 0 Å². The molecule has 0 saturated carbocycles. The van der Waals surface area contributed by atoms with E-state index < -0.39 is 35.0 Å². The number of halogens is 7. The maximum atomic E-state index is 13.0. The highest BCUT2D eigenvalue weighted by atomic mass is 35.5. The smallest absolute Gasteiger partial charge is 0.416 e. The summed E-state index contributed by atoms with van der Waals surface area (Å²) in [5.74, 6) is -1.51. The predicted octanol–water partition coefficient (Wildman–Crippen LogP) is 7.66. The van der Waals surface area contributed by atoms with Gasteiger partial charge in [-0.05, 0) is 59.7 Å². The lowest BCUT2D eigenvalue weighted by Gasteiger charge is -2.14. The van der Waals surface area contributed by atoms with Crippen LogP contribution in [0.2, 0.25) is 5.02 Å². The maximum Gasteiger partial charge on any atom is 0.416 e. The third kappa shape index (κ3) is 6.17. The van der Waals surface area contributed by atoms with Crippen LogP contribution in [0.15, 0.2) is 66.7 Å². The number of nitriles is 1. The molecular formula is C24H12ClF6NO2. The topological polar surface area (TPSA) is 50.1 Å². The highest BCUT2D eigenvalue weighted by Crippen LogP contribution is 2.36. The second-order valence-electron chi connectivity index (χ2n) is 6.93. The lowest BCUT2D eigenvalue weighted by Crippen LogP contribution is -2.15. The fourth-order valence-electron chi connectivity index (χ4n) is 2.87. The van der Waals surface area contributed by atoms with E-state index in [1.807, 2.05) is 6.07 Å². The summed E-state index contributed by atoms with van der Waals surface area (Å²) in [6, 6.07) is 14.6. The van der Waals surface area contributed by atoms with Gasteiger partial charge in [0.1, 0.15) is 5.75 Å². The van der Waals surface area contributed by atoms with Crippen molar-refractivity contribution in [1.82, 2.24) is 0 Å². The number of rotatable bonds is 4. The molecule has 10 heteroatoms. The monoisotopic (exact) mass is 495 g/mol. The van der Waals surface area contributed by atoms with E-state index in [2.05, 4.69) is 0 Å². The molecule has 0 radical (unpaired) electrons. The Hall–Kier alpha value is -3.77. The summed E-state index contributed by atoms with van der Waals surface area (Å²) in [5, 5.41) is 9.83. The van der Waals surface area contributed by atoms with E-state index in [0.29, 0.717) is 28.3 Å². The van der Waals surface area contributed by atoms with Crippen molar-refractivity contribution in [3.8, 4) is 11.8 Å². The minimum Gasteiger partial charge on any atom is -0.423 e. The average Bonchev–Trinajstić information content (AvgIpc) is 2.77. The first-order valence-corrected chi connectivity index (χ1v) is 9.74. The SMILES string of the molecule is N#C/C(=C/c1ccc(OC(=O)c2cc(C(F)(F)F)cc(C(F)(F)F)c2)cc1)c1cccc(Cl)c1. The molecule has 3 nitrogen and oxygen atoms in total. The van der Waals surface area contributed by atoms with Crippen molar-refractivity contribution >= 4 is 29.2 Å². The summed E-state index contributed by atoms with van der Waals surface area (Å²) < 4.78 is 82.9. The zero-order valence-electron chi connectivity index (χ0n) is 16.8. The van der Waals surface area contributed by atoms with E-state index in [-0.39, 0.29) is 17.4 Å². The van der Waals surface area contributed by atoms with Gasteiger partial charge in [-0.25, -0.2) is 4.79 Å². The number of ether oxygens (including phenoxy) is 1. The molecule has 3 aromatic carbocycles. The molecule has 0 saturated heterocycles. The normalized spacial score (nSPS) is 12.2. The zero-order valence-corrected chi connectivity index (χ0v) is 17.6. The number of carbonyl (C=O) groups is 1. The summed E-state index contributed by atoms with van der Waals surface area (Å²) in [5.41, 5.74) is -2.78. The molecule has 0 heterocycles. The van der Waals surface area contributed by atoms with Crippen LogP contribution >= 0.6 is 11.6 Å². The molecule has 0 spiro atoms. The van der Waals surface area contributed by atoms with E-state index >= 15 is 0 Å². The third-order valence-corrected chi connectivity index (χ3v) is 4.72. The van der Waals surface area contributed by atoms with Gasteiger partial charge in [0.05, 0.1) is 28.3 Å². The first kappa shape index (κ1) is 24.9. The number of allylic oxidation sites excluding steroid dienone is 1. The van der Waals surface area contributed by atoms with Gasteiger partial charge in [-0.3, -0.25) is 0 Å². The Bertz CT molecular complexity index is 1260. The lowest BCUT2D eigenvalue weighted by atomic mass is 10.0. The number of nitrogens with zero attached hydrogens (tertiary/aromatic N) is 1. The van der Waals surface area contributed by atoms with Gasteiger partial charge in [0.25, 0.3) is 0 Å². The summed E-state index contributed by atoms with van der Waals surface area (Å²) in [4.78, 5) is 12.3. The van der Waals surface area contributed by atoms with Gasteiger partial charge in [0.2, 0.25) is 0 Å². The first-order valence-electron chi connectivity index (χ1n) is 9.36. The second-order valence-corrected chi connectivity index (χ2v) is 7.37. The van der Waals surface area contributed by atoms with Crippen LogP contribution in [0.3, 0.4) is 0 Å². The van der Waals surface area contributed by atoms with E-state index in [4.69, 9.17) is 16.3 Å². The molecule has 0 unspecified atom stereocenters. The van der Waals surface area contributed by atoms with Crippen molar-refractivity contribution in [2.75, 3.05) is 0 Å². The van der Waals surface area contributed by atoms with Crippen molar-refractivity contribution in [3.05, 3.63) is 99.6 Å². The minimum atomic E-state index is -5.09. The molecule has 0 aliphatic heterocycles. The Balaban J connectivity index is 1.84. The summed E-state index contributed by atoms with van der Waals surface area (Å²) in [6.45, 7) is 0. The summed E-state index contributed by atoms with van der Waals surface area (Å²) >= 11 is 5.93. The highest BCUT2D eigenvalue weighted by Gasteiger charge is 2.37. The third-order valence-electron chi connectivity index (χ3n) is 4.48. The minimum absolute atomic E-state index is 0.0788. The van der Waals surface area contributed by atoms with Crippen molar-refractivity contribution in [2.45, 2.75) is 12.4 Å². The van der Waals surface area contributed by atoms with Gasteiger partial charge < -0.3 is 4.74 Å². The summed E-state index contributed by atoms with van der Waals surface area (Å²) in [7, 11) is 0. The van der Waals surface area contributed by atoms with Crippen LogP contribution in [0, 0.1) is 11.3 Å². The van der Waals surface area contributed by atoms with Crippen LogP contribution < -0.4 is 4.74 Å². The highest BCUT2D eigenvalue weighted by molar-refractivity contribution is 6.30. The van der Waals surface area contributed by atoms with Crippen molar-refractivity contribution in [2.24, 2.45) is 0 Å². The molecule has 0 bridgehead atoms. The Morgan fingerprint density at radius 3 is 1.94 bits per heavy atom. The van der Waals surface area contributed by atoms with E-state index in [9.17, 15) is 36.4 Å². The van der Waals surface area contributed by atoms with Crippen LogP contribution in [0.4, 0.5) is 26.3 Å². The molecule has 3 rings (SSSR count). The fourth-order valence-corrected chi connectivity index (χ4v) is 3.06. The molecule has 0 atom stereocenters. The van der Waals surface area contributed by atoms with E-state index in [1.165, 1.54) is 30.3 Å². The Kier molecular flexibility index (Phi) is 7.03. The van der Waals surface area contributed by atoms with Crippen LogP contribution in [0.5, 0.6) is 5.75 Å². The van der Waals surface area contributed by atoms with Crippen LogP contribution in [-0.2, 0) is 12.4 Å². The van der Waals surface area contributed by atoms with Gasteiger partial charge in [-0.2, -0.15) is 31.6 Å². The van der Waals surface area contributed by atoms with Crippen molar-refractivity contribution in [3.63, 3.8) is 0 Å². The quantitative estimate of drug-likeness (QED) is 0.123. The molecular weight excluding hydrogens is 484 g/mol. The molecule has 0 aliphatic rings. The van der Waals surface area contributed by atoms with Gasteiger partial charge in [-0.15, -0.1) is 0 Å². The molecule has 174 valence electrons. The predicted molar refractivity (Wildman–Crippen MR) is 113 cm³/mol. The first-order chi connectivity index (χ1) is 15.9. The number of hydrogen-bond acceptors (Lipinski definition) is 3. The standard InChI is InChI=1S/C24H12ClF6NO2/c25-20-3-1-2-15(11-20)17(13-32)8-14-4-6-21(7-5-14)34-22(33)16-9-18(23(26,27)28)12-19(10-16)24(29,30)31/h1-12H/b17-8-. The summed E-state index contributed by atoms with van der Waals surface area (Å²) in [6.07, 6.45) is -8.66. The number of hydrogen-bond donors (Lipinski definition) is 0. The van der Waals surface area contributed by atoms with Gasteiger partial charge in [-0.1, -0.05) is 35.9 Å². The molecule has 0 amide bonds. The van der Waals surface area contributed by atoms with Crippen LogP contribution in [0.1, 0.15) is 32.6 Å². The fraction of sp³-hybridized carbons (Fsp3) is 0.0833.